The van der Waals surface area contributed by atoms with Crippen molar-refractivity contribution in [2.24, 2.45) is 0 Å². The molecule has 19 heavy (non-hydrogen) atoms. The number of phenolic OH excluding ortho intramolecular Hbond substituents is 1. The van der Waals surface area contributed by atoms with Crippen LogP contribution in [0.4, 0.5) is 0 Å². The highest BCUT2D eigenvalue weighted by molar-refractivity contribution is 7.89. The molecule has 0 saturated heterocycles. The summed E-state index contributed by atoms with van der Waals surface area (Å²) in [5.41, 5.74) is 0.697. The Balaban J connectivity index is 2.61. The first-order chi connectivity index (χ1) is 8.89. The van der Waals surface area contributed by atoms with Crippen molar-refractivity contribution in [1.29, 1.82) is 0 Å². The van der Waals surface area contributed by atoms with Crippen LogP contribution in [0.25, 0.3) is 0 Å². The quantitative estimate of drug-likeness (QED) is 0.684. The number of hydrogen-bond donors (Lipinski definition) is 3. The van der Waals surface area contributed by atoms with Crippen LogP contribution >= 0.6 is 0 Å². The second kappa shape index (κ2) is 6.74. The van der Waals surface area contributed by atoms with Gasteiger partial charge in [-0.25, -0.2) is 13.1 Å². The van der Waals surface area contributed by atoms with Gasteiger partial charge in [0.15, 0.2) is 0 Å². The molecule has 0 aromatic heterocycles. The maximum absolute atomic E-state index is 11.3. The number of sulfonamides is 1. The predicted molar refractivity (Wildman–Crippen MR) is 73.9 cm³/mol. The molecule has 0 aliphatic rings. The Labute approximate surface area is 113 Å². The van der Waals surface area contributed by atoms with Crippen molar-refractivity contribution >= 4 is 10.0 Å². The zero-order valence-corrected chi connectivity index (χ0v) is 12.1. The maximum atomic E-state index is 11.3. The highest BCUT2D eigenvalue weighted by Crippen LogP contribution is 2.28. The minimum Gasteiger partial charge on any atom is -0.507 e. The third-order valence-corrected chi connectivity index (χ3v) is 4.20. The summed E-state index contributed by atoms with van der Waals surface area (Å²) in [6.45, 7) is 2.16. The van der Waals surface area contributed by atoms with E-state index in [0.717, 1.165) is 0 Å². The van der Waals surface area contributed by atoms with E-state index in [0.29, 0.717) is 17.9 Å². The SMILES string of the molecule is CNS(=O)(=O)CCNC(C)c1ccc(OC)cc1O. The van der Waals surface area contributed by atoms with Crippen LogP contribution in [0.2, 0.25) is 0 Å². The molecule has 0 aliphatic heterocycles. The van der Waals surface area contributed by atoms with Gasteiger partial charge in [-0.2, -0.15) is 0 Å². The molecule has 1 aromatic rings. The summed E-state index contributed by atoms with van der Waals surface area (Å²) < 4.78 is 29.8. The number of rotatable bonds is 7. The minimum atomic E-state index is -3.21. The van der Waals surface area contributed by atoms with Crippen LogP contribution in [-0.2, 0) is 10.0 Å². The number of hydrogen-bond acceptors (Lipinski definition) is 5. The molecule has 3 N–H and O–H groups in total. The summed E-state index contributed by atoms with van der Waals surface area (Å²) in [4.78, 5) is 0. The molecule has 0 heterocycles. The summed E-state index contributed by atoms with van der Waals surface area (Å²) in [6, 6.07) is 4.87. The summed E-state index contributed by atoms with van der Waals surface area (Å²) in [7, 11) is -0.304. The number of nitrogens with one attached hydrogen (secondary N) is 2. The molecule has 108 valence electrons. The number of methoxy groups -OCH3 is 1. The monoisotopic (exact) mass is 288 g/mol. The molecule has 0 aliphatic carbocycles. The van der Waals surface area contributed by atoms with E-state index in [9.17, 15) is 13.5 Å². The van der Waals surface area contributed by atoms with Crippen LogP contribution in [-0.4, -0.2) is 40.0 Å². The number of ether oxygens (including phenoxy) is 1. The fourth-order valence-corrected chi connectivity index (χ4v) is 2.23. The smallest absolute Gasteiger partial charge is 0.212 e. The molecule has 7 heteroatoms. The Morgan fingerprint density at radius 2 is 2.11 bits per heavy atom. The first-order valence-corrected chi connectivity index (χ1v) is 7.56. The van der Waals surface area contributed by atoms with Crippen molar-refractivity contribution in [3.8, 4) is 11.5 Å². The Morgan fingerprint density at radius 3 is 2.63 bits per heavy atom. The van der Waals surface area contributed by atoms with Crippen LogP contribution in [0.15, 0.2) is 18.2 Å². The van der Waals surface area contributed by atoms with E-state index in [1.54, 1.807) is 12.1 Å². The van der Waals surface area contributed by atoms with Crippen LogP contribution in [0.3, 0.4) is 0 Å². The van der Waals surface area contributed by atoms with Crippen LogP contribution < -0.4 is 14.8 Å². The second-order valence-corrected chi connectivity index (χ2v) is 6.17. The largest absolute Gasteiger partial charge is 0.507 e. The lowest BCUT2D eigenvalue weighted by Crippen LogP contribution is -2.30. The molecular weight excluding hydrogens is 268 g/mol. The van der Waals surface area contributed by atoms with Crippen LogP contribution in [0.1, 0.15) is 18.5 Å². The Bertz CT molecular complexity index is 516. The number of phenols is 1. The zero-order valence-electron chi connectivity index (χ0n) is 11.3. The van der Waals surface area contributed by atoms with E-state index < -0.39 is 10.0 Å². The van der Waals surface area contributed by atoms with Gasteiger partial charge in [-0.15, -0.1) is 0 Å². The minimum absolute atomic E-state index is 0.00917. The molecule has 0 fully saturated rings. The van der Waals surface area contributed by atoms with E-state index >= 15 is 0 Å². The maximum Gasteiger partial charge on any atom is 0.212 e. The van der Waals surface area contributed by atoms with Gasteiger partial charge in [0.05, 0.1) is 12.9 Å². The first kappa shape index (κ1) is 15.7. The second-order valence-electron chi connectivity index (χ2n) is 4.12. The van der Waals surface area contributed by atoms with Crippen LogP contribution in [0, 0.1) is 0 Å². The molecule has 0 radical (unpaired) electrons. The Morgan fingerprint density at radius 1 is 1.42 bits per heavy atom. The van der Waals surface area contributed by atoms with Crippen molar-refractivity contribution in [3.63, 3.8) is 0 Å². The van der Waals surface area contributed by atoms with Gasteiger partial charge in [0.2, 0.25) is 10.0 Å². The van der Waals surface area contributed by atoms with E-state index in [1.165, 1.54) is 20.2 Å². The lowest BCUT2D eigenvalue weighted by atomic mass is 10.1. The molecular formula is C12H20N2O4S. The van der Waals surface area contributed by atoms with Gasteiger partial charge in [0.25, 0.3) is 0 Å². The Hall–Kier alpha value is -1.31. The van der Waals surface area contributed by atoms with Crippen LogP contribution in [0.5, 0.6) is 11.5 Å². The highest BCUT2D eigenvalue weighted by Gasteiger charge is 2.12. The molecule has 0 saturated carbocycles. The average Bonchev–Trinajstić information content (AvgIpc) is 2.38. The third-order valence-electron chi connectivity index (χ3n) is 2.84. The van der Waals surface area contributed by atoms with Crippen molar-refractivity contribution in [2.45, 2.75) is 13.0 Å². The molecule has 0 amide bonds. The predicted octanol–water partition coefficient (Wildman–Crippen LogP) is 0.601. The van der Waals surface area contributed by atoms with Crippen molar-refractivity contribution < 1.29 is 18.3 Å². The van der Waals surface area contributed by atoms with Gasteiger partial charge in [-0.3, -0.25) is 0 Å². The average molecular weight is 288 g/mol. The zero-order chi connectivity index (χ0) is 14.5. The topological polar surface area (TPSA) is 87.7 Å². The Kier molecular flexibility index (Phi) is 5.59. The van der Waals surface area contributed by atoms with Gasteiger partial charge < -0.3 is 15.2 Å². The standard InChI is InChI=1S/C12H20N2O4S/c1-9(14-6-7-19(16,17)13-2)11-5-4-10(18-3)8-12(11)15/h4-5,8-9,13-15H,6-7H2,1-3H3. The molecule has 6 nitrogen and oxygen atoms in total. The summed E-state index contributed by atoms with van der Waals surface area (Å²) >= 11 is 0. The van der Waals surface area contributed by atoms with Gasteiger partial charge in [-0.05, 0) is 20.0 Å². The highest BCUT2D eigenvalue weighted by atomic mass is 32.2. The molecule has 1 unspecified atom stereocenters. The molecule has 1 rings (SSSR count). The van der Waals surface area contributed by atoms with E-state index in [1.807, 2.05) is 6.92 Å². The van der Waals surface area contributed by atoms with E-state index in [4.69, 9.17) is 4.74 Å². The van der Waals surface area contributed by atoms with Crippen molar-refractivity contribution in [2.75, 3.05) is 26.5 Å². The fourth-order valence-electron chi connectivity index (χ4n) is 1.64. The number of aromatic hydroxyl groups is 1. The van der Waals surface area contributed by atoms with Gasteiger partial charge in [-0.1, -0.05) is 6.07 Å². The lowest BCUT2D eigenvalue weighted by molar-refractivity contribution is 0.404. The summed E-state index contributed by atoms with van der Waals surface area (Å²) in [5, 5.41) is 12.9. The van der Waals surface area contributed by atoms with Gasteiger partial charge in [0, 0.05) is 24.2 Å². The molecule has 0 spiro atoms. The van der Waals surface area contributed by atoms with E-state index in [-0.39, 0.29) is 17.5 Å². The number of benzene rings is 1. The normalized spacial score (nSPS) is 13.2. The molecule has 1 aromatic carbocycles. The van der Waals surface area contributed by atoms with Crippen molar-refractivity contribution in [1.82, 2.24) is 10.0 Å². The van der Waals surface area contributed by atoms with Crippen molar-refractivity contribution in [3.05, 3.63) is 23.8 Å². The summed E-state index contributed by atoms with van der Waals surface area (Å²) in [6.07, 6.45) is 0. The van der Waals surface area contributed by atoms with Gasteiger partial charge >= 0.3 is 0 Å². The summed E-state index contributed by atoms with van der Waals surface area (Å²) in [5.74, 6) is 0.687. The fraction of sp³-hybridized carbons (Fsp3) is 0.500. The molecule has 1 atom stereocenters. The van der Waals surface area contributed by atoms with Gasteiger partial charge in [0.1, 0.15) is 11.5 Å². The first-order valence-electron chi connectivity index (χ1n) is 5.91. The molecule has 0 bridgehead atoms. The third kappa shape index (κ3) is 4.70. The lowest BCUT2D eigenvalue weighted by Gasteiger charge is -2.16. The van der Waals surface area contributed by atoms with E-state index in [2.05, 4.69) is 10.0 Å².